The number of nitrogens with one attached hydrogen (secondary N) is 1. The summed E-state index contributed by atoms with van der Waals surface area (Å²) in [6, 6.07) is 14.7. The Labute approximate surface area is 166 Å². The van der Waals surface area contributed by atoms with Gasteiger partial charge in [0.1, 0.15) is 5.75 Å². The minimum Gasteiger partial charge on any atom is -0.494 e. The van der Waals surface area contributed by atoms with Crippen molar-refractivity contribution in [1.29, 1.82) is 0 Å². The highest BCUT2D eigenvalue weighted by Crippen LogP contribution is 2.25. The molecule has 28 heavy (non-hydrogen) atoms. The zero-order chi connectivity index (χ0) is 20.0. The molecule has 2 aromatic carbocycles. The van der Waals surface area contributed by atoms with Gasteiger partial charge in [-0.15, -0.1) is 0 Å². The summed E-state index contributed by atoms with van der Waals surface area (Å²) in [5, 5.41) is 3.95. The van der Waals surface area contributed by atoms with Gasteiger partial charge in [-0.2, -0.15) is 5.10 Å². The number of carbonyl (C=O) groups is 1. The first-order valence-corrected chi connectivity index (χ1v) is 9.53. The standard InChI is InChI=1S/C22H28N2O4/c1-3-4-5-8-15-27-19-13-11-18(12-14-19)16-23-24-22(25)17-28-21-10-7-6-9-20(21)26-2/h6-7,9-14,16H,3-5,8,15,17H2,1-2H3,(H,24,25)/b23-16+. The Kier molecular flexibility index (Phi) is 9.41. The van der Waals surface area contributed by atoms with Crippen LogP contribution in [0.1, 0.15) is 38.2 Å². The first-order valence-electron chi connectivity index (χ1n) is 9.53. The minimum absolute atomic E-state index is 0.150. The Morgan fingerprint density at radius 1 is 1.00 bits per heavy atom. The molecule has 0 radical (unpaired) electrons. The van der Waals surface area contributed by atoms with E-state index < -0.39 is 0 Å². The number of nitrogens with zero attached hydrogens (tertiary/aromatic N) is 1. The third kappa shape index (κ3) is 7.70. The Hall–Kier alpha value is -3.02. The first kappa shape index (κ1) is 21.3. The molecule has 6 heteroatoms. The van der Waals surface area contributed by atoms with Gasteiger partial charge in [0.05, 0.1) is 19.9 Å². The third-order valence-electron chi connectivity index (χ3n) is 3.98. The smallest absolute Gasteiger partial charge is 0.277 e. The lowest BCUT2D eigenvalue weighted by atomic mass is 10.2. The molecule has 2 rings (SSSR count). The normalized spacial score (nSPS) is 10.6. The molecule has 0 aliphatic carbocycles. The number of para-hydroxylation sites is 2. The SMILES string of the molecule is CCCCCCOc1ccc(/C=N/NC(=O)COc2ccccc2OC)cc1. The van der Waals surface area contributed by atoms with Gasteiger partial charge in [-0.25, -0.2) is 5.43 Å². The fourth-order valence-corrected chi connectivity index (χ4v) is 2.46. The first-order chi connectivity index (χ1) is 13.7. The average Bonchev–Trinajstić information content (AvgIpc) is 2.73. The highest BCUT2D eigenvalue weighted by Gasteiger charge is 2.05. The van der Waals surface area contributed by atoms with Crippen LogP contribution in [0.2, 0.25) is 0 Å². The summed E-state index contributed by atoms with van der Waals surface area (Å²) >= 11 is 0. The summed E-state index contributed by atoms with van der Waals surface area (Å²) in [7, 11) is 1.55. The Bertz CT molecular complexity index is 744. The van der Waals surface area contributed by atoms with E-state index in [-0.39, 0.29) is 12.5 Å². The second kappa shape index (κ2) is 12.4. The summed E-state index contributed by atoms with van der Waals surface area (Å²) in [6.07, 6.45) is 6.30. The minimum atomic E-state index is -0.353. The molecule has 0 bridgehead atoms. The van der Waals surface area contributed by atoms with Crippen LogP contribution in [0.3, 0.4) is 0 Å². The fourth-order valence-electron chi connectivity index (χ4n) is 2.46. The molecule has 0 fully saturated rings. The van der Waals surface area contributed by atoms with Crippen molar-refractivity contribution in [3.63, 3.8) is 0 Å². The van der Waals surface area contributed by atoms with Crippen molar-refractivity contribution >= 4 is 12.1 Å². The number of ether oxygens (including phenoxy) is 3. The van der Waals surface area contributed by atoms with Gasteiger partial charge < -0.3 is 14.2 Å². The third-order valence-corrected chi connectivity index (χ3v) is 3.98. The van der Waals surface area contributed by atoms with Gasteiger partial charge in [-0.3, -0.25) is 4.79 Å². The summed E-state index contributed by atoms with van der Waals surface area (Å²) in [5.74, 6) is 1.57. The van der Waals surface area contributed by atoms with Crippen molar-refractivity contribution in [3.8, 4) is 17.2 Å². The van der Waals surface area contributed by atoms with Gasteiger partial charge in [-0.1, -0.05) is 38.3 Å². The molecule has 0 heterocycles. The highest BCUT2D eigenvalue weighted by atomic mass is 16.5. The number of rotatable bonds is 12. The molecule has 0 aromatic heterocycles. The monoisotopic (exact) mass is 384 g/mol. The van der Waals surface area contributed by atoms with E-state index in [0.29, 0.717) is 11.5 Å². The summed E-state index contributed by atoms with van der Waals surface area (Å²) in [5.41, 5.74) is 3.31. The van der Waals surface area contributed by atoms with Crippen molar-refractivity contribution < 1.29 is 19.0 Å². The van der Waals surface area contributed by atoms with Gasteiger partial charge in [0.15, 0.2) is 18.1 Å². The quantitative estimate of drug-likeness (QED) is 0.339. The second-order valence-electron chi connectivity index (χ2n) is 6.21. The van der Waals surface area contributed by atoms with Crippen LogP contribution in [0.4, 0.5) is 0 Å². The second-order valence-corrected chi connectivity index (χ2v) is 6.21. The molecule has 0 aliphatic rings. The topological polar surface area (TPSA) is 69.2 Å². The number of amides is 1. The number of hydrogen-bond acceptors (Lipinski definition) is 5. The van der Waals surface area contributed by atoms with Gasteiger partial charge in [0, 0.05) is 0 Å². The molecule has 1 N–H and O–H groups in total. The zero-order valence-corrected chi connectivity index (χ0v) is 16.5. The molecule has 2 aromatic rings. The maximum Gasteiger partial charge on any atom is 0.277 e. The van der Waals surface area contributed by atoms with Crippen LogP contribution in [0, 0.1) is 0 Å². The molecular weight excluding hydrogens is 356 g/mol. The van der Waals surface area contributed by atoms with Gasteiger partial charge >= 0.3 is 0 Å². The average molecular weight is 384 g/mol. The van der Waals surface area contributed by atoms with E-state index in [1.54, 1.807) is 25.5 Å². The molecule has 0 saturated heterocycles. The van der Waals surface area contributed by atoms with E-state index >= 15 is 0 Å². The van der Waals surface area contributed by atoms with Crippen LogP contribution in [0.25, 0.3) is 0 Å². The summed E-state index contributed by atoms with van der Waals surface area (Å²) in [4.78, 5) is 11.8. The van der Waals surface area contributed by atoms with Crippen LogP contribution >= 0.6 is 0 Å². The molecule has 0 aliphatic heterocycles. The van der Waals surface area contributed by atoms with Gasteiger partial charge in [0.2, 0.25) is 0 Å². The number of carbonyl (C=O) groups excluding carboxylic acids is 1. The van der Waals surface area contributed by atoms with Crippen LogP contribution in [-0.4, -0.2) is 32.4 Å². The van der Waals surface area contributed by atoms with Gasteiger partial charge in [-0.05, 0) is 48.4 Å². The molecule has 6 nitrogen and oxygen atoms in total. The van der Waals surface area contributed by atoms with Gasteiger partial charge in [0.25, 0.3) is 5.91 Å². The van der Waals surface area contributed by atoms with E-state index in [1.807, 2.05) is 36.4 Å². The lowest BCUT2D eigenvalue weighted by molar-refractivity contribution is -0.123. The number of unbranched alkanes of at least 4 members (excludes halogenated alkanes) is 3. The number of methoxy groups -OCH3 is 1. The largest absolute Gasteiger partial charge is 0.494 e. The van der Waals surface area contributed by atoms with Crippen LogP contribution in [-0.2, 0) is 4.79 Å². The van der Waals surface area contributed by atoms with Crippen LogP contribution in [0.5, 0.6) is 17.2 Å². The van der Waals surface area contributed by atoms with Crippen LogP contribution in [0.15, 0.2) is 53.6 Å². The predicted octanol–water partition coefficient (Wildman–Crippen LogP) is 4.18. The summed E-state index contributed by atoms with van der Waals surface area (Å²) < 4.78 is 16.3. The molecule has 150 valence electrons. The van der Waals surface area contributed by atoms with E-state index in [4.69, 9.17) is 14.2 Å². The molecule has 0 saturated carbocycles. The number of benzene rings is 2. The summed E-state index contributed by atoms with van der Waals surface area (Å²) in [6.45, 7) is 2.77. The molecule has 1 amide bonds. The van der Waals surface area contributed by atoms with E-state index in [9.17, 15) is 4.79 Å². The van der Waals surface area contributed by atoms with Crippen molar-refractivity contribution in [2.24, 2.45) is 5.10 Å². The fraction of sp³-hybridized carbons (Fsp3) is 0.364. The lowest BCUT2D eigenvalue weighted by Crippen LogP contribution is -2.24. The Morgan fingerprint density at radius 2 is 1.75 bits per heavy atom. The van der Waals surface area contributed by atoms with Crippen molar-refractivity contribution in [2.45, 2.75) is 32.6 Å². The lowest BCUT2D eigenvalue weighted by Gasteiger charge is -2.09. The Balaban J connectivity index is 1.70. The maximum absolute atomic E-state index is 11.8. The van der Waals surface area contributed by atoms with Crippen molar-refractivity contribution in [2.75, 3.05) is 20.3 Å². The van der Waals surface area contributed by atoms with Crippen molar-refractivity contribution in [1.82, 2.24) is 5.43 Å². The predicted molar refractivity (Wildman–Crippen MR) is 110 cm³/mol. The number of hydrazone groups is 1. The van der Waals surface area contributed by atoms with Crippen LogP contribution < -0.4 is 19.6 Å². The van der Waals surface area contributed by atoms with E-state index in [1.165, 1.54) is 19.3 Å². The molecular formula is C22H28N2O4. The van der Waals surface area contributed by atoms with E-state index in [0.717, 1.165) is 24.3 Å². The molecule has 0 atom stereocenters. The van der Waals surface area contributed by atoms with Crippen molar-refractivity contribution in [3.05, 3.63) is 54.1 Å². The maximum atomic E-state index is 11.8. The van der Waals surface area contributed by atoms with E-state index in [2.05, 4.69) is 17.5 Å². The molecule has 0 unspecified atom stereocenters. The molecule has 0 spiro atoms. The Morgan fingerprint density at radius 3 is 2.46 bits per heavy atom. The zero-order valence-electron chi connectivity index (χ0n) is 16.5. The highest BCUT2D eigenvalue weighted by molar-refractivity contribution is 5.83. The number of hydrogen-bond donors (Lipinski definition) is 1.